The fraction of sp³-hybridized carbons (Fsp3) is 0.333. The molecule has 7 nitrogen and oxygen atoms in total. The minimum Gasteiger partial charge on any atom is -0.490 e. The molecule has 0 bridgehead atoms. The number of anilines is 1. The van der Waals surface area contributed by atoms with E-state index in [0.29, 0.717) is 34.3 Å². The number of thioether (sulfide) groups is 1. The Labute approximate surface area is 208 Å². The molecule has 1 aliphatic carbocycles. The van der Waals surface area contributed by atoms with E-state index in [4.69, 9.17) is 9.84 Å². The molecule has 0 unspecified atom stereocenters. The van der Waals surface area contributed by atoms with Gasteiger partial charge < -0.3 is 4.74 Å². The van der Waals surface area contributed by atoms with E-state index >= 15 is 0 Å². The highest BCUT2D eigenvalue weighted by Crippen LogP contribution is 2.38. The number of carbonyl (C=O) groups is 1. The molecule has 2 heterocycles. The number of ether oxygens (including phenoxy) is 1. The van der Waals surface area contributed by atoms with Gasteiger partial charge in [-0.1, -0.05) is 43.0 Å². The standard InChI is InChI=1S/C27H28N4O3S/c1-3-16-35-27-28-25(33)24-21-14-7-8-15-22(21)30(23(32)4-2)26(31(24)29-27)18-10-9-13-20(17-18)34-19-11-5-6-12-19/h3,7-10,13-15,17,19,26H,1,4-6,11-12,16H2,2H3/p+1/t26-/m0/s1. The molecule has 2 aliphatic rings. The number of carbonyl (C=O) groups excluding carboxylic acids is 1. The SMILES string of the molecule is C=CCSc1n[n+]2c(c(=O)[nH]1)-c1ccccc1N(C(=O)CC)[C@@H]2c1cccc(OC2CCCC2)c1. The Bertz CT molecular complexity index is 1320. The van der Waals surface area contributed by atoms with Crippen LogP contribution < -0.4 is 19.9 Å². The summed E-state index contributed by atoms with van der Waals surface area (Å²) in [5, 5.41) is 5.29. The van der Waals surface area contributed by atoms with Gasteiger partial charge in [-0.3, -0.25) is 14.6 Å². The van der Waals surface area contributed by atoms with Gasteiger partial charge in [-0.15, -0.1) is 6.58 Å². The summed E-state index contributed by atoms with van der Waals surface area (Å²) in [5.41, 5.74) is 2.39. The van der Waals surface area contributed by atoms with Crippen LogP contribution in [0.15, 0.2) is 71.1 Å². The fourth-order valence-corrected chi connectivity index (χ4v) is 5.45. The van der Waals surface area contributed by atoms with Crippen molar-refractivity contribution in [3.05, 3.63) is 77.1 Å². The maximum absolute atomic E-state index is 13.4. The molecule has 1 amide bonds. The molecule has 3 aromatic rings. The molecule has 0 saturated heterocycles. The van der Waals surface area contributed by atoms with Crippen LogP contribution in [-0.2, 0) is 4.79 Å². The van der Waals surface area contributed by atoms with E-state index in [0.717, 1.165) is 24.2 Å². The van der Waals surface area contributed by atoms with Crippen LogP contribution in [0.25, 0.3) is 11.3 Å². The molecule has 1 aliphatic heterocycles. The molecule has 2 aromatic carbocycles. The lowest BCUT2D eigenvalue weighted by molar-refractivity contribution is -0.763. The lowest BCUT2D eigenvalue weighted by Gasteiger charge is -2.32. The van der Waals surface area contributed by atoms with Crippen LogP contribution in [0.4, 0.5) is 5.69 Å². The summed E-state index contributed by atoms with van der Waals surface area (Å²) < 4.78 is 7.96. The minimum atomic E-state index is -0.621. The van der Waals surface area contributed by atoms with Gasteiger partial charge >= 0.3 is 11.3 Å². The molecule has 5 rings (SSSR count). The first kappa shape index (κ1) is 23.4. The number of para-hydroxylation sites is 1. The second-order valence-corrected chi connectivity index (χ2v) is 9.77. The summed E-state index contributed by atoms with van der Waals surface area (Å²) >= 11 is 1.39. The van der Waals surface area contributed by atoms with Gasteiger partial charge in [0.2, 0.25) is 11.1 Å². The molecular weight excluding hydrogens is 460 g/mol. The van der Waals surface area contributed by atoms with Crippen molar-refractivity contribution in [2.75, 3.05) is 10.7 Å². The number of hydrogen-bond donors (Lipinski definition) is 1. The molecular formula is C27H29N4O3S+. The molecule has 35 heavy (non-hydrogen) atoms. The Morgan fingerprint density at radius 1 is 1.26 bits per heavy atom. The number of aromatic nitrogens is 3. The number of fused-ring (bicyclic) bond motifs is 3. The van der Waals surface area contributed by atoms with E-state index < -0.39 is 6.17 Å². The topological polar surface area (TPSA) is 79.2 Å². The first-order valence-corrected chi connectivity index (χ1v) is 13.1. The van der Waals surface area contributed by atoms with Crippen molar-refractivity contribution in [3.8, 4) is 17.0 Å². The van der Waals surface area contributed by atoms with Gasteiger partial charge in [0.05, 0.1) is 17.4 Å². The van der Waals surface area contributed by atoms with Gasteiger partial charge in [0.15, 0.2) is 0 Å². The van der Waals surface area contributed by atoms with E-state index in [1.165, 1.54) is 24.6 Å². The van der Waals surface area contributed by atoms with Gasteiger partial charge in [-0.05, 0) is 60.7 Å². The number of nitrogens with zero attached hydrogens (tertiary/aromatic N) is 3. The van der Waals surface area contributed by atoms with Crippen LogP contribution >= 0.6 is 11.8 Å². The van der Waals surface area contributed by atoms with Crippen LogP contribution in [0.3, 0.4) is 0 Å². The lowest BCUT2D eigenvalue weighted by Crippen LogP contribution is -2.60. The molecule has 8 heteroatoms. The van der Waals surface area contributed by atoms with Crippen molar-refractivity contribution >= 4 is 23.4 Å². The third-order valence-electron chi connectivity index (χ3n) is 6.43. The molecule has 1 N–H and O–H groups in total. The number of hydrogen-bond acceptors (Lipinski definition) is 5. The first-order valence-electron chi connectivity index (χ1n) is 12.1. The van der Waals surface area contributed by atoms with Crippen molar-refractivity contribution in [2.45, 2.75) is 56.5 Å². The Morgan fingerprint density at radius 2 is 2.06 bits per heavy atom. The van der Waals surface area contributed by atoms with E-state index in [-0.39, 0.29) is 17.6 Å². The number of benzene rings is 2. The van der Waals surface area contributed by atoms with Crippen molar-refractivity contribution < 1.29 is 14.2 Å². The highest BCUT2D eigenvalue weighted by atomic mass is 32.2. The molecule has 0 radical (unpaired) electrons. The lowest BCUT2D eigenvalue weighted by atomic mass is 10.0. The zero-order valence-electron chi connectivity index (χ0n) is 19.8. The number of aromatic amines is 1. The second-order valence-electron chi connectivity index (χ2n) is 8.76. The van der Waals surface area contributed by atoms with E-state index in [9.17, 15) is 9.59 Å². The molecule has 1 aromatic heterocycles. The molecule has 0 spiro atoms. The van der Waals surface area contributed by atoms with Crippen LogP contribution in [0.2, 0.25) is 0 Å². The van der Waals surface area contributed by atoms with Crippen molar-refractivity contribution in [2.24, 2.45) is 0 Å². The smallest absolute Gasteiger partial charge is 0.325 e. The number of amides is 1. The Kier molecular flexibility index (Phi) is 6.72. The number of rotatable bonds is 7. The highest BCUT2D eigenvalue weighted by molar-refractivity contribution is 7.99. The first-order chi connectivity index (χ1) is 17.1. The third kappa shape index (κ3) is 4.50. The van der Waals surface area contributed by atoms with Gasteiger partial charge in [0, 0.05) is 22.8 Å². The van der Waals surface area contributed by atoms with Crippen molar-refractivity contribution in [1.82, 2.24) is 10.1 Å². The summed E-state index contributed by atoms with van der Waals surface area (Å²) in [6.45, 7) is 5.61. The predicted molar refractivity (Wildman–Crippen MR) is 137 cm³/mol. The largest absolute Gasteiger partial charge is 0.490 e. The molecule has 1 saturated carbocycles. The Balaban J connectivity index is 1.69. The quantitative estimate of drug-likeness (QED) is 0.297. The maximum Gasteiger partial charge on any atom is 0.325 e. The van der Waals surface area contributed by atoms with Gasteiger partial charge in [0.1, 0.15) is 5.75 Å². The van der Waals surface area contributed by atoms with Crippen molar-refractivity contribution in [1.29, 1.82) is 0 Å². The summed E-state index contributed by atoms with van der Waals surface area (Å²) in [4.78, 5) is 31.4. The van der Waals surface area contributed by atoms with E-state index in [1.54, 1.807) is 15.7 Å². The molecule has 180 valence electrons. The van der Waals surface area contributed by atoms with E-state index in [1.807, 2.05) is 55.5 Å². The summed E-state index contributed by atoms with van der Waals surface area (Å²) in [6.07, 6.45) is 6.16. The monoisotopic (exact) mass is 489 g/mol. The maximum atomic E-state index is 13.4. The average Bonchev–Trinajstić information content (AvgIpc) is 3.39. The number of nitrogens with one attached hydrogen (secondary N) is 1. The normalized spacial score (nSPS) is 17.1. The van der Waals surface area contributed by atoms with Crippen LogP contribution in [0, 0.1) is 0 Å². The van der Waals surface area contributed by atoms with Gasteiger partial charge in [-0.25, -0.2) is 4.90 Å². The Morgan fingerprint density at radius 3 is 2.83 bits per heavy atom. The average molecular weight is 490 g/mol. The fourth-order valence-electron chi connectivity index (χ4n) is 4.86. The van der Waals surface area contributed by atoms with E-state index in [2.05, 4.69) is 11.6 Å². The van der Waals surface area contributed by atoms with Gasteiger partial charge in [-0.2, -0.15) is 0 Å². The summed E-state index contributed by atoms with van der Waals surface area (Å²) in [7, 11) is 0. The molecule has 1 fully saturated rings. The summed E-state index contributed by atoms with van der Waals surface area (Å²) in [5.74, 6) is 1.32. The zero-order valence-corrected chi connectivity index (χ0v) is 20.6. The van der Waals surface area contributed by atoms with Crippen molar-refractivity contribution in [3.63, 3.8) is 0 Å². The third-order valence-corrected chi connectivity index (χ3v) is 7.29. The van der Waals surface area contributed by atoms with Crippen LogP contribution in [-0.4, -0.2) is 27.8 Å². The predicted octanol–water partition coefficient (Wildman–Crippen LogP) is 4.63. The Hall–Kier alpha value is -3.39. The highest BCUT2D eigenvalue weighted by Gasteiger charge is 2.45. The summed E-state index contributed by atoms with van der Waals surface area (Å²) in [6, 6.07) is 15.3. The zero-order chi connectivity index (χ0) is 24.4. The molecule has 1 atom stereocenters. The number of H-pyrrole nitrogens is 1. The minimum absolute atomic E-state index is 0.0508. The van der Waals surface area contributed by atoms with Crippen LogP contribution in [0.5, 0.6) is 5.75 Å². The van der Waals surface area contributed by atoms with Crippen LogP contribution in [0.1, 0.15) is 50.8 Å². The van der Waals surface area contributed by atoms with Gasteiger partial charge in [0.25, 0.3) is 6.17 Å². The second kappa shape index (κ2) is 10.1.